The predicted octanol–water partition coefficient (Wildman–Crippen LogP) is 2.87. The van der Waals surface area contributed by atoms with Gasteiger partial charge < -0.3 is 16.0 Å². The molecule has 2 amide bonds. The van der Waals surface area contributed by atoms with Crippen molar-refractivity contribution in [3.8, 4) is 0 Å². The molecule has 1 atom stereocenters. The molecule has 0 aromatic heterocycles. The Hall–Kier alpha value is -2.37. The van der Waals surface area contributed by atoms with Crippen LogP contribution in [0.1, 0.15) is 22.8 Å². The largest absolute Gasteiger partial charge is 0.352 e. The van der Waals surface area contributed by atoms with Gasteiger partial charge in [-0.2, -0.15) is 0 Å². The first-order valence-corrected chi connectivity index (χ1v) is 8.48. The smallest absolute Gasteiger partial charge is 0.251 e. The summed E-state index contributed by atoms with van der Waals surface area (Å²) in [7, 11) is 1.81. The number of anilines is 1. The van der Waals surface area contributed by atoms with E-state index in [0.717, 1.165) is 6.42 Å². The van der Waals surface area contributed by atoms with E-state index in [1.165, 1.54) is 5.56 Å². The Kier molecular flexibility index (Phi) is 9.41. The number of nitrogens with one attached hydrogen (secondary N) is 3. The van der Waals surface area contributed by atoms with E-state index in [1.54, 1.807) is 24.3 Å². The molecular formula is C20H26ClN3O2. The van der Waals surface area contributed by atoms with E-state index in [9.17, 15) is 9.59 Å². The maximum Gasteiger partial charge on any atom is 0.251 e. The molecule has 0 aliphatic rings. The zero-order valence-corrected chi connectivity index (χ0v) is 15.9. The number of amides is 2. The second-order valence-electron chi connectivity index (χ2n) is 6.02. The second kappa shape index (κ2) is 11.3. The zero-order chi connectivity index (χ0) is 18.1. The van der Waals surface area contributed by atoms with Crippen LogP contribution in [0.15, 0.2) is 54.6 Å². The highest BCUT2D eigenvalue weighted by atomic mass is 35.5. The topological polar surface area (TPSA) is 70.2 Å². The van der Waals surface area contributed by atoms with Crippen LogP contribution in [0.2, 0.25) is 0 Å². The van der Waals surface area contributed by atoms with Gasteiger partial charge in [0.05, 0.1) is 0 Å². The SMILES string of the molecule is CNCC(C)C(=O)Nc1ccc(C(=O)NCCc2ccccc2)cc1.Cl. The van der Waals surface area contributed by atoms with Crippen molar-refractivity contribution in [3.05, 3.63) is 65.7 Å². The molecule has 1 unspecified atom stereocenters. The lowest BCUT2D eigenvalue weighted by Crippen LogP contribution is -2.28. The lowest BCUT2D eigenvalue weighted by atomic mass is 10.1. The standard InChI is InChI=1S/C20H25N3O2.ClH/c1-15(14-21-2)19(24)23-18-10-8-17(9-11-18)20(25)22-13-12-16-6-4-3-5-7-16;/h3-11,15,21H,12-14H2,1-2H3,(H,22,25)(H,23,24);1H. The van der Waals surface area contributed by atoms with E-state index in [-0.39, 0.29) is 30.1 Å². The monoisotopic (exact) mass is 375 g/mol. The van der Waals surface area contributed by atoms with E-state index in [1.807, 2.05) is 44.3 Å². The number of halogens is 1. The molecule has 2 rings (SSSR count). The summed E-state index contributed by atoms with van der Waals surface area (Å²) >= 11 is 0. The third-order valence-corrected chi connectivity index (χ3v) is 3.91. The Bertz CT molecular complexity index is 690. The van der Waals surface area contributed by atoms with E-state index in [0.29, 0.717) is 24.3 Å². The number of benzene rings is 2. The van der Waals surface area contributed by atoms with Crippen LogP contribution in [0.3, 0.4) is 0 Å². The van der Waals surface area contributed by atoms with Crippen molar-refractivity contribution in [2.75, 3.05) is 25.5 Å². The fraction of sp³-hybridized carbons (Fsp3) is 0.300. The van der Waals surface area contributed by atoms with Gasteiger partial charge in [-0.25, -0.2) is 0 Å². The number of hydrogen-bond donors (Lipinski definition) is 3. The normalized spacial score (nSPS) is 11.2. The van der Waals surface area contributed by atoms with Gasteiger partial charge in [-0.3, -0.25) is 9.59 Å². The molecule has 0 saturated heterocycles. The van der Waals surface area contributed by atoms with Gasteiger partial charge >= 0.3 is 0 Å². The molecule has 0 aliphatic heterocycles. The van der Waals surface area contributed by atoms with Crippen LogP contribution in [-0.2, 0) is 11.2 Å². The zero-order valence-electron chi connectivity index (χ0n) is 15.1. The molecule has 0 spiro atoms. The lowest BCUT2D eigenvalue weighted by molar-refractivity contribution is -0.119. The molecule has 0 fully saturated rings. The molecule has 6 heteroatoms. The average Bonchev–Trinajstić information content (AvgIpc) is 2.63. The Morgan fingerprint density at radius 3 is 2.27 bits per heavy atom. The van der Waals surface area contributed by atoms with Crippen LogP contribution in [-0.4, -0.2) is 32.0 Å². The highest BCUT2D eigenvalue weighted by molar-refractivity contribution is 5.96. The fourth-order valence-electron chi connectivity index (χ4n) is 2.44. The van der Waals surface area contributed by atoms with E-state index in [4.69, 9.17) is 0 Å². The molecule has 2 aromatic carbocycles. The van der Waals surface area contributed by atoms with Crippen molar-refractivity contribution in [1.29, 1.82) is 0 Å². The summed E-state index contributed by atoms with van der Waals surface area (Å²) in [6.07, 6.45) is 0.796. The van der Waals surface area contributed by atoms with Crippen LogP contribution < -0.4 is 16.0 Å². The maximum absolute atomic E-state index is 12.2. The quantitative estimate of drug-likeness (QED) is 0.664. The first-order chi connectivity index (χ1) is 12.1. The first-order valence-electron chi connectivity index (χ1n) is 8.48. The third-order valence-electron chi connectivity index (χ3n) is 3.91. The second-order valence-corrected chi connectivity index (χ2v) is 6.02. The van der Waals surface area contributed by atoms with Gasteiger partial charge in [0, 0.05) is 30.3 Å². The summed E-state index contributed by atoms with van der Waals surface area (Å²) < 4.78 is 0. The molecule has 26 heavy (non-hydrogen) atoms. The van der Waals surface area contributed by atoms with Crippen LogP contribution in [0.25, 0.3) is 0 Å². The summed E-state index contributed by atoms with van der Waals surface area (Å²) in [6.45, 7) is 3.07. The molecule has 5 nitrogen and oxygen atoms in total. The van der Waals surface area contributed by atoms with E-state index < -0.39 is 0 Å². The van der Waals surface area contributed by atoms with Crippen molar-refractivity contribution in [3.63, 3.8) is 0 Å². The molecule has 0 saturated carbocycles. The predicted molar refractivity (Wildman–Crippen MR) is 108 cm³/mol. The summed E-state index contributed by atoms with van der Waals surface area (Å²) in [5.74, 6) is -0.280. The van der Waals surface area contributed by atoms with Gasteiger partial charge in [-0.15, -0.1) is 12.4 Å². The maximum atomic E-state index is 12.2. The van der Waals surface area contributed by atoms with E-state index in [2.05, 4.69) is 16.0 Å². The van der Waals surface area contributed by atoms with Crippen molar-refractivity contribution in [1.82, 2.24) is 10.6 Å². The van der Waals surface area contributed by atoms with Crippen LogP contribution in [0.4, 0.5) is 5.69 Å². The molecule has 2 aromatic rings. The molecular weight excluding hydrogens is 350 g/mol. The summed E-state index contributed by atoms with van der Waals surface area (Å²) in [4.78, 5) is 24.1. The Morgan fingerprint density at radius 2 is 1.65 bits per heavy atom. The van der Waals surface area contributed by atoms with Crippen LogP contribution >= 0.6 is 12.4 Å². The van der Waals surface area contributed by atoms with Gasteiger partial charge in [0.2, 0.25) is 5.91 Å². The molecule has 0 bridgehead atoms. The third kappa shape index (κ3) is 6.86. The summed E-state index contributed by atoms with van der Waals surface area (Å²) in [5.41, 5.74) is 2.46. The number of rotatable bonds is 8. The van der Waals surface area contributed by atoms with Gasteiger partial charge in [-0.1, -0.05) is 37.3 Å². The molecule has 140 valence electrons. The van der Waals surface area contributed by atoms with Gasteiger partial charge in [0.1, 0.15) is 0 Å². The van der Waals surface area contributed by atoms with Gasteiger partial charge in [0.25, 0.3) is 5.91 Å². The van der Waals surface area contributed by atoms with Crippen molar-refractivity contribution < 1.29 is 9.59 Å². The molecule has 0 aliphatic carbocycles. The Balaban J connectivity index is 0.00000338. The minimum Gasteiger partial charge on any atom is -0.352 e. The summed E-state index contributed by atoms with van der Waals surface area (Å²) in [5, 5.41) is 8.73. The molecule has 3 N–H and O–H groups in total. The fourth-order valence-corrected chi connectivity index (χ4v) is 2.44. The number of carbonyl (C=O) groups is 2. The van der Waals surface area contributed by atoms with Crippen molar-refractivity contribution in [2.45, 2.75) is 13.3 Å². The van der Waals surface area contributed by atoms with Gasteiger partial charge in [-0.05, 0) is 43.3 Å². The summed E-state index contributed by atoms with van der Waals surface area (Å²) in [6, 6.07) is 17.0. The highest BCUT2D eigenvalue weighted by Crippen LogP contribution is 2.11. The number of carbonyl (C=O) groups excluding carboxylic acids is 2. The highest BCUT2D eigenvalue weighted by Gasteiger charge is 2.12. The van der Waals surface area contributed by atoms with Crippen molar-refractivity contribution in [2.24, 2.45) is 5.92 Å². The first kappa shape index (κ1) is 21.7. The lowest BCUT2D eigenvalue weighted by Gasteiger charge is -2.12. The van der Waals surface area contributed by atoms with Crippen LogP contribution in [0.5, 0.6) is 0 Å². The Labute approximate surface area is 161 Å². The number of hydrogen-bond acceptors (Lipinski definition) is 3. The minimum atomic E-state index is -0.119. The average molecular weight is 376 g/mol. The van der Waals surface area contributed by atoms with Crippen LogP contribution in [0, 0.1) is 5.92 Å². The van der Waals surface area contributed by atoms with Gasteiger partial charge in [0.15, 0.2) is 0 Å². The van der Waals surface area contributed by atoms with E-state index >= 15 is 0 Å². The minimum absolute atomic E-state index is 0. The van der Waals surface area contributed by atoms with Crippen molar-refractivity contribution >= 4 is 29.9 Å². The molecule has 0 radical (unpaired) electrons. The Morgan fingerprint density at radius 1 is 1.00 bits per heavy atom. The molecule has 0 heterocycles.